The molecular weight excluding hydrogens is 298 g/mol. The van der Waals surface area contributed by atoms with Gasteiger partial charge < -0.3 is 20.3 Å². The first-order valence-corrected chi connectivity index (χ1v) is 7.35. The Morgan fingerprint density at radius 3 is 2.57 bits per heavy atom. The summed E-state index contributed by atoms with van der Waals surface area (Å²) in [6, 6.07) is 6.09. The van der Waals surface area contributed by atoms with Crippen molar-refractivity contribution in [1.82, 2.24) is 5.32 Å². The number of nitrogens with one attached hydrogen (secondary N) is 2. The Kier molecular flexibility index (Phi) is 4.58. The molecule has 124 valence electrons. The average molecular weight is 319 g/mol. The van der Waals surface area contributed by atoms with Crippen molar-refractivity contribution in [2.75, 3.05) is 16.8 Å². The molecule has 3 amide bonds. The van der Waals surface area contributed by atoms with Crippen molar-refractivity contribution >= 4 is 29.3 Å². The third kappa shape index (κ3) is 4.21. The van der Waals surface area contributed by atoms with Gasteiger partial charge in [0.2, 0.25) is 11.8 Å². The third-order valence-electron chi connectivity index (χ3n) is 3.21. The number of benzene rings is 1. The number of ether oxygens (including phenoxy) is 1. The van der Waals surface area contributed by atoms with Gasteiger partial charge in [-0.15, -0.1) is 0 Å². The fraction of sp³-hybridized carbons (Fsp3) is 0.438. The Morgan fingerprint density at radius 1 is 1.30 bits per heavy atom. The Morgan fingerprint density at radius 2 is 1.96 bits per heavy atom. The molecule has 1 aromatic carbocycles. The molecule has 1 aliphatic heterocycles. The number of alkyl carbamates (subject to hydrolysis) is 1. The zero-order chi connectivity index (χ0) is 17.2. The van der Waals surface area contributed by atoms with E-state index in [2.05, 4.69) is 10.6 Å². The van der Waals surface area contributed by atoms with Crippen LogP contribution in [0.5, 0.6) is 0 Å². The van der Waals surface area contributed by atoms with Crippen LogP contribution in [-0.4, -0.2) is 36.1 Å². The molecule has 2 N–H and O–H groups in total. The minimum Gasteiger partial charge on any atom is -0.444 e. The molecule has 0 radical (unpaired) electrons. The molecule has 0 aliphatic carbocycles. The number of hydrogen-bond donors (Lipinski definition) is 2. The second kappa shape index (κ2) is 6.28. The molecule has 1 atom stereocenters. The van der Waals surface area contributed by atoms with E-state index in [0.29, 0.717) is 11.4 Å². The number of carbonyl (C=O) groups is 3. The van der Waals surface area contributed by atoms with E-state index in [0.717, 1.165) is 0 Å². The summed E-state index contributed by atoms with van der Waals surface area (Å²) in [5.41, 5.74) is 0.456. The Labute approximate surface area is 135 Å². The minimum atomic E-state index is -0.902. The van der Waals surface area contributed by atoms with Gasteiger partial charge in [0.1, 0.15) is 11.6 Å². The van der Waals surface area contributed by atoms with Gasteiger partial charge in [-0.3, -0.25) is 9.59 Å². The van der Waals surface area contributed by atoms with Gasteiger partial charge in [-0.25, -0.2) is 4.79 Å². The van der Waals surface area contributed by atoms with Crippen molar-refractivity contribution in [3.63, 3.8) is 0 Å². The van der Waals surface area contributed by atoms with Gasteiger partial charge in [0.05, 0.1) is 17.9 Å². The highest BCUT2D eigenvalue weighted by Crippen LogP contribution is 2.28. The van der Waals surface area contributed by atoms with E-state index < -0.39 is 23.6 Å². The molecule has 0 spiro atoms. The van der Waals surface area contributed by atoms with Crippen LogP contribution in [0.2, 0.25) is 0 Å². The van der Waals surface area contributed by atoms with Gasteiger partial charge in [-0.1, -0.05) is 12.1 Å². The first-order valence-electron chi connectivity index (χ1n) is 7.35. The van der Waals surface area contributed by atoms with Crippen LogP contribution in [0.3, 0.4) is 0 Å². The first kappa shape index (κ1) is 16.8. The summed E-state index contributed by atoms with van der Waals surface area (Å²) in [5, 5.41) is 5.24. The third-order valence-corrected chi connectivity index (χ3v) is 3.21. The van der Waals surface area contributed by atoms with Gasteiger partial charge in [-0.05, 0) is 32.9 Å². The maximum absolute atomic E-state index is 12.3. The highest BCUT2D eigenvalue weighted by atomic mass is 16.6. The molecule has 0 saturated carbocycles. The second-order valence-corrected chi connectivity index (χ2v) is 6.33. The van der Waals surface area contributed by atoms with Crippen LogP contribution >= 0.6 is 0 Å². The van der Waals surface area contributed by atoms with Gasteiger partial charge in [0, 0.05) is 6.92 Å². The monoisotopic (exact) mass is 319 g/mol. The summed E-state index contributed by atoms with van der Waals surface area (Å²) in [4.78, 5) is 37.6. The maximum atomic E-state index is 12.3. The normalized spacial score (nSPS) is 17.7. The molecule has 0 saturated heterocycles. The van der Waals surface area contributed by atoms with Crippen molar-refractivity contribution in [2.24, 2.45) is 0 Å². The number of carbonyl (C=O) groups excluding carboxylic acids is 3. The molecule has 7 nitrogen and oxygen atoms in total. The summed E-state index contributed by atoms with van der Waals surface area (Å²) in [7, 11) is 0. The number of amides is 3. The van der Waals surface area contributed by atoms with Crippen molar-refractivity contribution in [3.8, 4) is 0 Å². The van der Waals surface area contributed by atoms with E-state index in [1.54, 1.807) is 45.0 Å². The van der Waals surface area contributed by atoms with E-state index in [9.17, 15) is 14.4 Å². The molecule has 23 heavy (non-hydrogen) atoms. The predicted octanol–water partition coefficient (Wildman–Crippen LogP) is 1.88. The largest absolute Gasteiger partial charge is 0.444 e. The van der Waals surface area contributed by atoms with E-state index in [-0.39, 0.29) is 12.5 Å². The van der Waals surface area contributed by atoms with Crippen LogP contribution in [0.4, 0.5) is 16.2 Å². The lowest BCUT2D eigenvalue weighted by atomic mass is 10.2. The van der Waals surface area contributed by atoms with Crippen molar-refractivity contribution < 1.29 is 19.1 Å². The van der Waals surface area contributed by atoms with Crippen molar-refractivity contribution in [1.29, 1.82) is 0 Å². The summed E-state index contributed by atoms with van der Waals surface area (Å²) >= 11 is 0. The second-order valence-electron chi connectivity index (χ2n) is 6.33. The van der Waals surface area contributed by atoms with E-state index in [4.69, 9.17) is 4.74 Å². The summed E-state index contributed by atoms with van der Waals surface area (Å²) in [6.45, 7) is 6.65. The average Bonchev–Trinajstić information content (AvgIpc) is 2.54. The fourth-order valence-electron chi connectivity index (χ4n) is 2.26. The van der Waals surface area contributed by atoms with Crippen LogP contribution in [0.25, 0.3) is 0 Å². The smallest absolute Gasteiger partial charge is 0.408 e. The maximum Gasteiger partial charge on any atom is 0.408 e. The quantitative estimate of drug-likeness (QED) is 0.827. The molecule has 0 aromatic heterocycles. The highest BCUT2D eigenvalue weighted by molar-refractivity contribution is 6.06. The van der Waals surface area contributed by atoms with E-state index in [1.807, 2.05) is 0 Å². The Balaban J connectivity index is 2.22. The van der Waals surface area contributed by atoms with Gasteiger partial charge in [-0.2, -0.15) is 0 Å². The van der Waals surface area contributed by atoms with Gasteiger partial charge in [0.15, 0.2) is 0 Å². The lowest BCUT2D eigenvalue weighted by molar-refractivity contribution is -0.118. The summed E-state index contributed by atoms with van der Waals surface area (Å²) < 4.78 is 5.17. The van der Waals surface area contributed by atoms with Crippen molar-refractivity contribution in [3.05, 3.63) is 24.3 Å². The zero-order valence-corrected chi connectivity index (χ0v) is 13.7. The topological polar surface area (TPSA) is 87.7 Å². The van der Waals surface area contributed by atoms with Gasteiger partial charge >= 0.3 is 6.09 Å². The predicted molar refractivity (Wildman–Crippen MR) is 86.3 cm³/mol. The lowest BCUT2D eigenvalue weighted by Crippen LogP contribution is -2.51. The van der Waals surface area contributed by atoms with E-state index >= 15 is 0 Å². The van der Waals surface area contributed by atoms with E-state index in [1.165, 1.54) is 11.8 Å². The lowest BCUT2D eigenvalue weighted by Gasteiger charge is -2.25. The Hall–Kier alpha value is -2.57. The SMILES string of the molecule is CC(=O)N1CC(NC(=O)OC(C)(C)C)C(=O)Nc2ccccc21. The minimum absolute atomic E-state index is 0.0391. The standard InChI is InChI=1S/C16H21N3O4/c1-10(20)19-9-12(18-15(22)23-16(2,3)4)14(21)17-11-7-5-6-8-13(11)19/h5-8,12H,9H2,1-4H3,(H,17,21)(H,18,22). The highest BCUT2D eigenvalue weighted by Gasteiger charge is 2.32. The first-order chi connectivity index (χ1) is 10.7. The number of para-hydroxylation sites is 2. The molecule has 1 heterocycles. The van der Waals surface area contributed by atoms with Gasteiger partial charge in [0.25, 0.3) is 0 Å². The zero-order valence-electron chi connectivity index (χ0n) is 13.7. The summed E-state index contributed by atoms with van der Waals surface area (Å²) in [5.74, 6) is -0.614. The molecule has 7 heteroatoms. The summed E-state index contributed by atoms with van der Waals surface area (Å²) in [6.07, 6.45) is -0.702. The molecular formula is C16H21N3O4. The molecule has 2 rings (SSSR count). The van der Waals surface area contributed by atoms with Crippen molar-refractivity contribution in [2.45, 2.75) is 39.3 Å². The van der Waals surface area contributed by atoms with Crippen LogP contribution in [0, 0.1) is 0 Å². The molecule has 0 bridgehead atoms. The molecule has 1 aromatic rings. The van der Waals surface area contributed by atoms with Crippen LogP contribution in [0.15, 0.2) is 24.3 Å². The molecule has 1 aliphatic rings. The number of fused-ring (bicyclic) bond motifs is 1. The molecule has 0 fully saturated rings. The number of nitrogens with zero attached hydrogens (tertiary/aromatic N) is 1. The number of anilines is 2. The number of hydrogen-bond acceptors (Lipinski definition) is 4. The molecule has 1 unspecified atom stereocenters. The fourth-order valence-corrected chi connectivity index (χ4v) is 2.26. The van der Waals surface area contributed by atoms with Crippen LogP contribution < -0.4 is 15.5 Å². The number of rotatable bonds is 1. The Bertz CT molecular complexity index is 636. The van der Waals surface area contributed by atoms with Crippen LogP contribution in [0.1, 0.15) is 27.7 Å². The van der Waals surface area contributed by atoms with Crippen LogP contribution in [-0.2, 0) is 14.3 Å².